The number of aliphatic hydroxyl groups excluding tert-OH is 1. The van der Waals surface area contributed by atoms with Crippen LogP contribution in [0.5, 0.6) is 0 Å². The second-order valence-corrected chi connectivity index (χ2v) is 4.59. The number of benzene rings is 1. The van der Waals surface area contributed by atoms with Crippen molar-refractivity contribution in [2.75, 3.05) is 0 Å². The van der Waals surface area contributed by atoms with Gasteiger partial charge in [0.1, 0.15) is 6.61 Å². The third-order valence-corrected chi connectivity index (χ3v) is 2.86. The van der Waals surface area contributed by atoms with Crippen LogP contribution in [0.1, 0.15) is 11.4 Å². The number of aromatic nitrogens is 3. The highest BCUT2D eigenvalue weighted by Crippen LogP contribution is 2.23. The summed E-state index contributed by atoms with van der Waals surface area (Å²) in [7, 11) is 1.84. The molecular formula is C11H12BrN3O. The van der Waals surface area contributed by atoms with E-state index in [1.165, 1.54) is 0 Å². The Labute approximate surface area is 102 Å². The molecule has 2 rings (SSSR count). The van der Waals surface area contributed by atoms with Crippen molar-refractivity contribution >= 4 is 15.9 Å². The molecule has 2 aromatic rings. The summed E-state index contributed by atoms with van der Waals surface area (Å²) in [5.74, 6) is 1.32. The van der Waals surface area contributed by atoms with E-state index in [1.807, 2.05) is 32.2 Å². The van der Waals surface area contributed by atoms with Gasteiger partial charge >= 0.3 is 0 Å². The first-order valence-electron chi connectivity index (χ1n) is 4.88. The monoisotopic (exact) mass is 281 g/mol. The third kappa shape index (κ3) is 2.01. The van der Waals surface area contributed by atoms with Gasteiger partial charge in [-0.05, 0) is 30.7 Å². The summed E-state index contributed by atoms with van der Waals surface area (Å²) >= 11 is 3.45. The lowest BCUT2D eigenvalue weighted by atomic mass is 10.1. The maximum absolute atomic E-state index is 9.06. The molecule has 0 aliphatic heterocycles. The summed E-state index contributed by atoms with van der Waals surface area (Å²) in [6, 6.07) is 6.06. The molecule has 0 fully saturated rings. The van der Waals surface area contributed by atoms with Crippen molar-refractivity contribution < 1.29 is 5.11 Å². The normalized spacial score (nSPS) is 10.8. The molecule has 0 atom stereocenters. The zero-order chi connectivity index (χ0) is 11.7. The number of aryl methyl sites for hydroxylation is 1. The molecule has 1 aromatic heterocycles. The first-order chi connectivity index (χ1) is 7.61. The summed E-state index contributed by atoms with van der Waals surface area (Å²) in [5, 5.41) is 17.0. The van der Waals surface area contributed by atoms with E-state index >= 15 is 0 Å². The first-order valence-corrected chi connectivity index (χ1v) is 5.68. The van der Waals surface area contributed by atoms with Gasteiger partial charge in [-0.1, -0.05) is 15.9 Å². The molecule has 0 unspecified atom stereocenters. The molecule has 0 spiro atoms. The lowest BCUT2D eigenvalue weighted by Crippen LogP contribution is -1.99. The SMILES string of the molecule is Cc1cc(Br)cc(-c2nnc(CO)n2C)c1. The number of hydrogen-bond acceptors (Lipinski definition) is 3. The van der Waals surface area contributed by atoms with E-state index in [-0.39, 0.29) is 6.61 Å². The Balaban J connectivity index is 2.54. The zero-order valence-electron chi connectivity index (χ0n) is 9.11. The molecule has 0 radical (unpaired) electrons. The van der Waals surface area contributed by atoms with Crippen LogP contribution >= 0.6 is 15.9 Å². The lowest BCUT2D eigenvalue weighted by Gasteiger charge is -2.04. The molecule has 1 N–H and O–H groups in total. The Bertz CT molecular complexity index is 502. The topological polar surface area (TPSA) is 50.9 Å². The van der Waals surface area contributed by atoms with Crippen LogP contribution in [0, 0.1) is 6.92 Å². The average molecular weight is 282 g/mol. The molecule has 0 bridgehead atoms. The van der Waals surface area contributed by atoms with Crippen LogP contribution in [-0.4, -0.2) is 19.9 Å². The maximum atomic E-state index is 9.06. The summed E-state index contributed by atoms with van der Waals surface area (Å²) in [6.07, 6.45) is 0. The Hall–Kier alpha value is -1.20. The fourth-order valence-electron chi connectivity index (χ4n) is 1.62. The van der Waals surface area contributed by atoms with E-state index in [1.54, 1.807) is 4.57 Å². The van der Waals surface area contributed by atoms with Gasteiger partial charge in [0.15, 0.2) is 11.6 Å². The maximum Gasteiger partial charge on any atom is 0.163 e. The van der Waals surface area contributed by atoms with Crippen LogP contribution in [-0.2, 0) is 13.7 Å². The minimum atomic E-state index is -0.101. The zero-order valence-corrected chi connectivity index (χ0v) is 10.7. The van der Waals surface area contributed by atoms with Crippen molar-refractivity contribution in [2.24, 2.45) is 7.05 Å². The van der Waals surface area contributed by atoms with Crippen LogP contribution in [0.15, 0.2) is 22.7 Å². The van der Waals surface area contributed by atoms with Crippen molar-refractivity contribution in [3.8, 4) is 11.4 Å². The predicted octanol–water partition coefficient (Wildman–Crippen LogP) is 2.05. The Morgan fingerprint density at radius 3 is 2.62 bits per heavy atom. The summed E-state index contributed by atoms with van der Waals surface area (Å²) < 4.78 is 2.80. The van der Waals surface area contributed by atoms with Gasteiger partial charge in [0.2, 0.25) is 0 Å². The number of aliphatic hydroxyl groups is 1. The van der Waals surface area contributed by atoms with E-state index in [4.69, 9.17) is 5.11 Å². The van der Waals surface area contributed by atoms with Gasteiger partial charge < -0.3 is 9.67 Å². The molecular weight excluding hydrogens is 270 g/mol. The van der Waals surface area contributed by atoms with Gasteiger partial charge in [-0.15, -0.1) is 10.2 Å². The second kappa shape index (κ2) is 4.35. The molecule has 0 amide bonds. The average Bonchev–Trinajstić information content (AvgIpc) is 2.58. The standard InChI is InChI=1S/C11H12BrN3O/c1-7-3-8(5-9(12)4-7)11-14-13-10(6-16)15(11)2/h3-5,16H,6H2,1-2H3. The molecule has 1 heterocycles. The van der Waals surface area contributed by atoms with E-state index in [0.717, 1.165) is 21.4 Å². The largest absolute Gasteiger partial charge is 0.388 e. The van der Waals surface area contributed by atoms with Crippen LogP contribution in [0.25, 0.3) is 11.4 Å². The molecule has 0 aliphatic rings. The fraction of sp³-hybridized carbons (Fsp3) is 0.273. The van der Waals surface area contributed by atoms with Gasteiger partial charge in [0.05, 0.1) is 0 Å². The number of hydrogen-bond donors (Lipinski definition) is 1. The minimum Gasteiger partial charge on any atom is -0.388 e. The second-order valence-electron chi connectivity index (χ2n) is 3.67. The molecule has 0 saturated carbocycles. The Kier molecular flexibility index (Phi) is 3.07. The van der Waals surface area contributed by atoms with E-state index in [0.29, 0.717) is 5.82 Å². The van der Waals surface area contributed by atoms with E-state index < -0.39 is 0 Å². The summed E-state index contributed by atoms with van der Waals surface area (Å²) in [4.78, 5) is 0. The van der Waals surface area contributed by atoms with Gasteiger partial charge in [-0.2, -0.15) is 0 Å². The predicted molar refractivity (Wildman–Crippen MR) is 64.8 cm³/mol. The first kappa shape index (κ1) is 11.3. The lowest BCUT2D eigenvalue weighted by molar-refractivity contribution is 0.267. The number of nitrogens with zero attached hydrogens (tertiary/aromatic N) is 3. The van der Waals surface area contributed by atoms with Crippen LogP contribution in [0.4, 0.5) is 0 Å². The third-order valence-electron chi connectivity index (χ3n) is 2.41. The molecule has 1 aromatic carbocycles. The van der Waals surface area contributed by atoms with E-state index in [9.17, 15) is 0 Å². The van der Waals surface area contributed by atoms with E-state index in [2.05, 4.69) is 26.1 Å². The fourth-order valence-corrected chi connectivity index (χ4v) is 2.22. The highest BCUT2D eigenvalue weighted by atomic mass is 79.9. The summed E-state index contributed by atoms with van der Waals surface area (Å²) in [6.45, 7) is 1.92. The number of rotatable bonds is 2. The van der Waals surface area contributed by atoms with Gasteiger partial charge in [0.25, 0.3) is 0 Å². The minimum absolute atomic E-state index is 0.101. The molecule has 5 heteroatoms. The molecule has 0 aliphatic carbocycles. The molecule has 4 nitrogen and oxygen atoms in total. The highest BCUT2D eigenvalue weighted by Gasteiger charge is 2.10. The molecule has 84 valence electrons. The van der Waals surface area contributed by atoms with Crippen molar-refractivity contribution in [2.45, 2.75) is 13.5 Å². The van der Waals surface area contributed by atoms with Gasteiger partial charge in [0, 0.05) is 17.1 Å². The molecule has 0 saturated heterocycles. The highest BCUT2D eigenvalue weighted by molar-refractivity contribution is 9.10. The van der Waals surface area contributed by atoms with Crippen molar-refractivity contribution in [3.63, 3.8) is 0 Å². The Morgan fingerprint density at radius 2 is 2.06 bits per heavy atom. The van der Waals surface area contributed by atoms with Gasteiger partial charge in [-0.3, -0.25) is 0 Å². The molecule has 16 heavy (non-hydrogen) atoms. The van der Waals surface area contributed by atoms with Crippen LogP contribution in [0.2, 0.25) is 0 Å². The van der Waals surface area contributed by atoms with Crippen LogP contribution in [0.3, 0.4) is 0 Å². The van der Waals surface area contributed by atoms with Crippen LogP contribution < -0.4 is 0 Å². The van der Waals surface area contributed by atoms with Crippen molar-refractivity contribution in [1.82, 2.24) is 14.8 Å². The van der Waals surface area contributed by atoms with Gasteiger partial charge in [-0.25, -0.2) is 0 Å². The number of halogens is 1. The van der Waals surface area contributed by atoms with Crippen molar-refractivity contribution in [1.29, 1.82) is 0 Å². The quantitative estimate of drug-likeness (QED) is 0.917. The Morgan fingerprint density at radius 1 is 1.31 bits per heavy atom. The smallest absolute Gasteiger partial charge is 0.163 e. The summed E-state index contributed by atoms with van der Waals surface area (Å²) in [5.41, 5.74) is 2.14. The van der Waals surface area contributed by atoms with Crippen molar-refractivity contribution in [3.05, 3.63) is 34.1 Å².